The van der Waals surface area contributed by atoms with Crippen LogP contribution in [0.25, 0.3) is 11.4 Å². The van der Waals surface area contributed by atoms with Gasteiger partial charge in [-0.3, -0.25) is 0 Å². The molecule has 0 unspecified atom stereocenters. The van der Waals surface area contributed by atoms with Crippen molar-refractivity contribution in [3.63, 3.8) is 0 Å². The summed E-state index contributed by atoms with van der Waals surface area (Å²) in [7, 11) is 0. The van der Waals surface area contributed by atoms with Crippen molar-refractivity contribution >= 4 is 18.4 Å². The van der Waals surface area contributed by atoms with Crippen LogP contribution in [0.15, 0.2) is 45.9 Å². The van der Waals surface area contributed by atoms with Crippen molar-refractivity contribution in [2.45, 2.75) is 19.3 Å². The fourth-order valence-electron chi connectivity index (χ4n) is 2.68. The summed E-state index contributed by atoms with van der Waals surface area (Å²) < 4.78 is 21.0. The Morgan fingerprint density at radius 3 is 3.00 bits per heavy atom. The van der Waals surface area contributed by atoms with Gasteiger partial charge in [0.05, 0.1) is 6.21 Å². The van der Waals surface area contributed by atoms with Crippen molar-refractivity contribution in [2.24, 2.45) is 11.0 Å². The Balaban J connectivity index is 1.64. The molecule has 1 aliphatic rings. The number of nitrogens with zero attached hydrogens (tertiary/aromatic N) is 3. The molecule has 1 aliphatic carbocycles. The zero-order valence-electron chi connectivity index (χ0n) is 12.9. The van der Waals surface area contributed by atoms with E-state index >= 15 is 0 Å². The molecule has 0 aliphatic heterocycles. The van der Waals surface area contributed by atoms with E-state index in [0.717, 1.165) is 5.76 Å². The third-order valence-electron chi connectivity index (χ3n) is 4.16. The Labute approximate surface area is 142 Å². The molecule has 2 aromatic heterocycles. The maximum Gasteiger partial charge on any atom is 0.216 e. The van der Waals surface area contributed by atoms with E-state index in [1.165, 1.54) is 23.2 Å². The molecule has 1 N–H and O–H groups in total. The highest BCUT2D eigenvalue weighted by Gasteiger charge is 2.36. The van der Waals surface area contributed by atoms with E-state index in [1.54, 1.807) is 18.3 Å². The maximum atomic E-state index is 13.4. The van der Waals surface area contributed by atoms with Gasteiger partial charge in [0, 0.05) is 11.5 Å². The number of hydrogen-bond acceptors (Lipinski definition) is 4. The van der Waals surface area contributed by atoms with E-state index in [4.69, 9.17) is 16.6 Å². The quantitative estimate of drug-likeness (QED) is 0.566. The van der Waals surface area contributed by atoms with Gasteiger partial charge in [-0.1, -0.05) is 19.1 Å². The second-order valence-electron chi connectivity index (χ2n) is 5.98. The average Bonchev–Trinajstić information content (AvgIpc) is 2.97. The summed E-state index contributed by atoms with van der Waals surface area (Å²) in [6, 6.07) is 10.00. The summed E-state index contributed by atoms with van der Waals surface area (Å²) in [5.74, 6) is 2.95. The minimum Gasteiger partial charge on any atom is -0.460 e. The highest BCUT2D eigenvalue weighted by atomic mass is 32.1. The van der Waals surface area contributed by atoms with Gasteiger partial charge >= 0.3 is 0 Å². The van der Waals surface area contributed by atoms with Gasteiger partial charge in [-0.25, -0.2) is 9.49 Å². The van der Waals surface area contributed by atoms with Gasteiger partial charge in [0.25, 0.3) is 0 Å². The zero-order valence-corrected chi connectivity index (χ0v) is 13.8. The Morgan fingerprint density at radius 2 is 2.25 bits per heavy atom. The molecule has 3 aromatic rings. The van der Waals surface area contributed by atoms with E-state index in [2.05, 4.69) is 22.2 Å². The van der Waals surface area contributed by atoms with Crippen molar-refractivity contribution in [2.75, 3.05) is 0 Å². The average molecular weight is 342 g/mol. The molecule has 0 amide bonds. The second kappa shape index (κ2) is 5.83. The molecule has 1 saturated carbocycles. The second-order valence-corrected chi connectivity index (χ2v) is 6.37. The number of benzene rings is 1. The van der Waals surface area contributed by atoms with Crippen LogP contribution >= 0.6 is 12.2 Å². The number of nitrogens with one attached hydrogen (secondary N) is 1. The molecule has 4 rings (SSSR count). The predicted molar refractivity (Wildman–Crippen MR) is 91.0 cm³/mol. The van der Waals surface area contributed by atoms with Crippen LogP contribution in [0.3, 0.4) is 0 Å². The van der Waals surface area contributed by atoms with Crippen LogP contribution in [0.5, 0.6) is 0 Å². The van der Waals surface area contributed by atoms with Crippen LogP contribution in [0.1, 0.15) is 30.8 Å². The van der Waals surface area contributed by atoms with Crippen LogP contribution < -0.4 is 0 Å². The minimum absolute atomic E-state index is 0.327. The Morgan fingerprint density at radius 1 is 1.42 bits per heavy atom. The summed E-state index contributed by atoms with van der Waals surface area (Å²) >= 11 is 5.20. The van der Waals surface area contributed by atoms with E-state index in [1.807, 2.05) is 12.1 Å². The van der Waals surface area contributed by atoms with Crippen LogP contribution in [0, 0.1) is 16.5 Å². The van der Waals surface area contributed by atoms with Crippen molar-refractivity contribution in [1.82, 2.24) is 14.9 Å². The van der Waals surface area contributed by atoms with Crippen molar-refractivity contribution in [1.29, 1.82) is 0 Å². The minimum atomic E-state index is -0.342. The lowest BCUT2D eigenvalue weighted by Crippen LogP contribution is -1.95. The third-order valence-corrected chi connectivity index (χ3v) is 4.42. The summed E-state index contributed by atoms with van der Waals surface area (Å²) in [6.07, 6.45) is 2.76. The van der Waals surface area contributed by atoms with Gasteiger partial charge in [-0.05, 0) is 48.8 Å². The Kier molecular flexibility index (Phi) is 3.65. The van der Waals surface area contributed by atoms with Crippen molar-refractivity contribution in [3.05, 3.63) is 58.5 Å². The zero-order chi connectivity index (χ0) is 16.7. The molecule has 5 nitrogen and oxygen atoms in total. The highest BCUT2D eigenvalue weighted by molar-refractivity contribution is 7.71. The first-order valence-corrected chi connectivity index (χ1v) is 8.10. The van der Waals surface area contributed by atoms with Gasteiger partial charge in [0.15, 0.2) is 5.82 Å². The lowest BCUT2D eigenvalue weighted by molar-refractivity contribution is 0.500. The monoisotopic (exact) mass is 342 g/mol. The number of aromatic amines is 1. The van der Waals surface area contributed by atoms with Gasteiger partial charge in [0.1, 0.15) is 17.3 Å². The van der Waals surface area contributed by atoms with Crippen LogP contribution in [0.2, 0.25) is 0 Å². The molecular formula is C17H15FN4OS. The molecule has 1 aromatic carbocycles. The predicted octanol–water partition coefficient (Wildman–Crippen LogP) is 4.35. The molecule has 1 fully saturated rings. The smallest absolute Gasteiger partial charge is 0.216 e. The van der Waals surface area contributed by atoms with Crippen LogP contribution in [-0.2, 0) is 0 Å². The first-order valence-electron chi connectivity index (χ1n) is 7.69. The highest BCUT2D eigenvalue weighted by Crippen LogP contribution is 2.47. The molecule has 0 bridgehead atoms. The molecule has 24 heavy (non-hydrogen) atoms. The van der Waals surface area contributed by atoms with Crippen molar-refractivity contribution < 1.29 is 8.81 Å². The lowest BCUT2D eigenvalue weighted by atomic mass is 10.2. The summed E-state index contributed by atoms with van der Waals surface area (Å²) in [6.45, 7) is 2.21. The summed E-state index contributed by atoms with van der Waals surface area (Å²) in [5.41, 5.74) is 0.589. The van der Waals surface area contributed by atoms with E-state index < -0.39 is 0 Å². The Hall–Kier alpha value is -2.54. The maximum absolute atomic E-state index is 13.4. The van der Waals surface area contributed by atoms with Crippen LogP contribution in [0.4, 0.5) is 4.39 Å². The molecule has 122 valence electrons. The molecule has 2 atom stereocenters. The molecule has 0 spiro atoms. The van der Waals surface area contributed by atoms with Gasteiger partial charge in [-0.15, -0.1) is 0 Å². The fraction of sp³-hybridized carbons (Fsp3) is 0.235. The molecule has 2 heterocycles. The largest absolute Gasteiger partial charge is 0.460 e. The standard InChI is InChI=1S/C17H15FN4OS/c1-10-7-14(10)15-6-5-13(23-15)9-19-22-16(20-21-17(22)24)11-3-2-4-12(18)8-11/h2-6,8-10,14H,7H2,1H3,(H,21,24)/b19-9-/t10-,14-/m1/s1. The number of halogens is 1. The first kappa shape index (κ1) is 15.0. The third kappa shape index (κ3) is 2.82. The van der Waals surface area contributed by atoms with E-state index in [-0.39, 0.29) is 5.82 Å². The Bertz CT molecular complexity index is 971. The first-order chi connectivity index (χ1) is 11.6. The van der Waals surface area contributed by atoms with Gasteiger partial charge < -0.3 is 4.42 Å². The molecular weight excluding hydrogens is 327 g/mol. The van der Waals surface area contributed by atoms with E-state index in [0.29, 0.717) is 33.8 Å². The molecule has 0 saturated heterocycles. The number of hydrogen-bond donors (Lipinski definition) is 1. The van der Waals surface area contributed by atoms with Crippen molar-refractivity contribution in [3.8, 4) is 11.4 Å². The SMILES string of the molecule is C[C@@H]1C[C@H]1c1ccc(/C=N\n2c(-c3cccc(F)c3)n[nH]c2=S)o1. The van der Waals surface area contributed by atoms with E-state index in [9.17, 15) is 4.39 Å². The summed E-state index contributed by atoms with van der Waals surface area (Å²) in [4.78, 5) is 0. The topological polar surface area (TPSA) is 59.1 Å². The normalized spacial score (nSPS) is 19.9. The summed E-state index contributed by atoms with van der Waals surface area (Å²) in [5, 5.41) is 11.1. The number of aromatic nitrogens is 3. The van der Waals surface area contributed by atoms with Gasteiger partial charge in [0.2, 0.25) is 4.77 Å². The molecule has 7 heteroatoms. The van der Waals surface area contributed by atoms with Gasteiger partial charge in [-0.2, -0.15) is 14.9 Å². The molecule has 0 radical (unpaired) electrons. The number of H-pyrrole nitrogens is 1. The lowest BCUT2D eigenvalue weighted by Gasteiger charge is -2.00. The number of rotatable bonds is 4. The fourth-order valence-corrected chi connectivity index (χ4v) is 2.86. The van der Waals surface area contributed by atoms with Crippen LogP contribution in [-0.4, -0.2) is 21.1 Å². The number of furan rings is 1.